The second kappa shape index (κ2) is 9.84. The van der Waals surface area contributed by atoms with Crippen molar-refractivity contribution in [1.29, 1.82) is 0 Å². The fourth-order valence-electron chi connectivity index (χ4n) is 5.98. The minimum atomic E-state index is -1.00. The van der Waals surface area contributed by atoms with Crippen molar-refractivity contribution in [2.24, 2.45) is 13.0 Å². The van der Waals surface area contributed by atoms with Gasteiger partial charge in [-0.05, 0) is 81.3 Å². The third-order valence-corrected chi connectivity index (χ3v) is 8.08. The first-order valence-corrected chi connectivity index (χ1v) is 13.6. The predicted molar refractivity (Wildman–Crippen MR) is 150 cm³/mol. The molecule has 1 aliphatic heterocycles. The van der Waals surface area contributed by atoms with Gasteiger partial charge in [-0.2, -0.15) is 0 Å². The van der Waals surface area contributed by atoms with Crippen LogP contribution < -0.4 is 0 Å². The fraction of sp³-hybridized carbons (Fsp3) is 0.387. The van der Waals surface area contributed by atoms with E-state index in [-0.39, 0.29) is 11.9 Å². The van der Waals surface area contributed by atoms with E-state index < -0.39 is 5.60 Å². The highest BCUT2D eigenvalue weighted by Gasteiger charge is 2.27. The number of nitrogens with zero attached hydrogens (tertiary/aromatic N) is 5. The normalized spacial score (nSPS) is 15.8. The molecule has 6 rings (SSSR count). The quantitative estimate of drug-likeness (QED) is 0.290. The molecule has 3 aromatic heterocycles. The van der Waals surface area contributed by atoms with Gasteiger partial charge in [-0.1, -0.05) is 29.5 Å². The Bertz CT molecular complexity index is 1620. The molecule has 5 aromatic rings. The number of hydrogen-bond donors (Lipinski definition) is 1. The van der Waals surface area contributed by atoms with Crippen molar-refractivity contribution in [2.75, 3.05) is 13.2 Å². The fourth-order valence-corrected chi connectivity index (χ4v) is 5.98. The molecular weight excluding hydrogens is 493 g/mol. The molecule has 39 heavy (non-hydrogen) atoms. The van der Waals surface area contributed by atoms with Gasteiger partial charge in [-0.15, -0.1) is 5.10 Å². The molecule has 1 atom stereocenters. The lowest BCUT2D eigenvalue weighted by molar-refractivity contribution is 0.0609. The van der Waals surface area contributed by atoms with Crippen LogP contribution in [0.1, 0.15) is 56.0 Å². The first-order chi connectivity index (χ1) is 18.7. The maximum absolute atomic E-state index is 14.1. The summed E-state index contributed by atoms with van der Waals surface area (Å²) in [6.07, 6.45) is 4.75. The van der Waals surface area contributed by atoms with Gasteiger partial charge in [0.05, 0.1) is 39.6 Å². The van der Waals surface area contributed by atoms with Crippen LogP contribution in [-0.2, 0) is 17.4 Å². The average molecular weight is 528 g/mol. The lowest BCUT2D eigenvalue weighted by Gasteiger charge is -2.29. The minimum Gasteiger partial charge on any atom is -0.386 e. The maximum Gasteiger partial charge on any atom is 0.123 e. The van der Waals surface area contributed by atoms with Gasteiger partial charge >= 0.3 is 0 Å². The molecule has 1 unspecified atom stereocenters. The van der Waals surface area contributed by atoms with E-state index in [0.29, 0.717) is 5.92 Å². The highest BCUT2D eigenvalue weighted by Crippen LogP contribution is 2.40. The van der Waals surface area contributed by atoms with Crippen LogP contribution in [0.2, 0.25) is 0 Å². The smallest absolute Gasteiger partial charge is 0.123 e. The van der Waals surface area contributed by atoms with Crippen LogP contribution >= 0.6 is 0 Å². The molecule has 0 radical (unpaired) electrons. The Kier molecular flexibility index (Phi) is 6.47. The van der Waals surface area contributed by atoms with E-state index in [1.807, 2.05) is 38.4 Å². The number of aryl methyl sites for hydroxylation is 2. The third-order valence-electron chi connectivity index (χ3n) is 8.08. The van der Waals surface area contributed by atoms with Crippen molar-refractivity contribution in [1.82, 2.24) is 24.5 Å². The molecule has 8 heteroatoms. The van der Waals surface area contributed by atoms with E-state index in [4.69, 9.17) is 9.72 Å². The molecule has 0 saturated carbocycles. The lowest BCUT2D eigenvalue weighted by atomic mass is 9.89. The van der Waals surface area contributed by atoms with Crippen molar-refractivity contribution in [3.63, 3.8) is 0 Å². The molecule has 1 fully saturated rings. The van der Waals surface area contributed by atoms with E-state index in [0.717, 1.165) is 82.5 Å². The Labute approximate surface area is 227 Å². The molecule has 0 bridgehead atoms. The summed E-state index contributed by atoms with van der Waals surface area (Å²) in [5.74, 6) is 0.219. The van der Waals surface area contributed by atoms with Gasteiger partial charge in [0.1, 0.15) is 5.82 Å². The third kappa shape index (κ3) is 4.72. The van der Waals surface area contributed by atoms with Gasteiger partial charge in [0.25, 0.3) is 0 Å². The van der Waals surface area contributed by atoms with Crippen LogP contribution in [0, 0.1) is 18.7 Å². The van der Waals surface area contributed by atoms with Gasteiger partial charge in [0.2, 0.25) is 0 Å². The Balaban J connectivity index is 1.64. The highest BCUT2D eigenvalue weighted by molar-refractivity contribution is 6.07. The molecular formula is C31H34FN5O2. The molecule has 1 N–H and O–H groups in total. The van der Waals surface area contributed by atoms with Crippen LogP contribution in [0.4, 0.5) is 4.39 Å². The summed E-state index contributed by atoms with van der Waals surface area (Å²) in [7, 11) is 1.89. The molecule has 0 aliphatic carbocycles. The highest BCUT2D eigenvalue weighted by atomic mass is 19.1. The monoisotopic (exact) mass is 527 g/mol. The summed E-state index contributed by atoms with van der Waals surface area (Å²) in [6.45, 7) is 7.07. The summed E-state index contributed by atoms with van der Waals surface area (Å²) in [6, 6.07) is 15.1. The summed E-state index contributed by atoms with van der Waals surface area (Å²) in [5, 5.41) is 20.4. The summed E-state index contributed by atoms with van der Waals surface area (Å²) < 4.78 is 23.8. The number of ether oxygens (including phenoxy) is 1. The molecule has 1 aliphatic rings. The maximum atomic E-state index is 14.1. The molecule has 202 valence electrons. The Morgan fingerprint density at radius 3 is 2.49 bits per heavy atom. The average Bonchev–Trinajstić information content (AvgIpc) is 3.43. The van der Waals surface area contributed by atoms with E-state index in [1.165, 1.54) is 12.1 Å². The van der Waals surface area contributed by atoms with E-state index in [1.54, 1.807) is 18.5 Å². The molecule has 4 heterocycles. The van der Waals surface area contributed by atoms with Crippen LogP contribution in [0.25, 0.3) is 33.2 Å². The van der Waals surface area contributed by atoms with E-state index in [9.17, 15) is 9.50 Å². The van der Waals surface area contributed by atoms with E-state index in [2.05, 4.69) is 33.1 Å². The van der Waals surface area contributed by atoms with Crippen molar-refractivity contribution < 1.29 is 14.2 Å². The predicted octanol–water partition coefficient (Wildman–Crippen LogP) is 6.07. The molecule has 2 aromatic carbocycles. The first-order valence-electron chi connectivity index (χ1n) is 13.6. The number of pyridine rings is 1. The lowest BCUT2D eigenvalue weighted by Crippen LogP contribution is -2.21. The van der Waals surface area contributed by atoms with Crippen molar-refractivity contribution in [2.45, 2.75) is 51.7 Å². The Morgan fingerprint density at radius 2 is 1.82 bits per heavy atom. The second-order valence-corrected chi connectivity index (χ2v) is 11.3. The van der Waals surface area contributed by atoms with Crippen molar-refractivity contribution in [3.8, 4) is 11.3 Å². The zero-order valence-corrected chi connectivity index (χ0v) is 22.9. The summed E-state index contributed by atoms with van der Waals surface area (Å²) >= 11 is 0. The molecule has 1 saturated heterocycles. The Morgan fingerprint density at radius 1 is 1.08 bits per heavy atom. The topological polar surface area (TPSA) is 78.0 Å². The number of fused-ring (bicyclic) bond motifs is 3. The second-order valence-electron chi connectivity index (χ2n) is 11.3. The summed E-state index contributed by atoms with van der Waals surface area (Å²) in [4.78, 5) is 4.96. The number of halogens is 1. The minimum absolute atomic E-state index is 0.0615. The van der Waals surface area contributed by atoms with E-state index >= 15 is 0 Å². The number of aromatic nitrogens is 5. The van der Waals surface area contributed by atoms with Crippen LogP contribution in [0.5, 0.6) is 0 Å². The standard InChI is InChI=1S/C31H34FN5O2/c1-19-30(36(4)35-34-19)22-16-28-29(33-18-22)25-10-7-23(31(2,3)38)17-27(25)37(28)26(15-20-11-13-39-14-12-20)21-5-8-24(32)9-6-21/h5-10,16-18,20,26,38H,11-15H2,1-4H3. The number of rotatable bonds is 6. The Hall–Kier alpha value is -3.62. The molecule has 0 spiro atoms. The zero-order valence-electron chi connectivity index (χ0n) is 22.9. The molecule has 7 nitrogen and oxygen atoms in total. The number of aliphatic hydroxyl groups is 1. The van der Waals surface area contributed by atoms with Gasteiger partial charge in [-0.3, -0.25) is 4.98 Å². The molecule has 0 amide bonds. The zero-order chi connectivity index (χ0) is 27.3. The largest absolute Gasteiger partial charge is 0.386 e. The van der Waals surface area contributed by atoms with Crippen molar-refractivity contribution in [3.05, 3.63) is 77.4 Å². The van der Waals surface area contributed by atoms with Gasteiger partial charge in [0.15, 0.2) is 0 Å². The van der Waals surface area contributed by atoms with Gasteiger partial charge in [0, 0.05) is 37.4 Å². The first kappa shape index (κ1) is 25.6. The van der Waals surface area contributed by atoms with Gasteiger partial charge < -0.3 is 14.4 Å². The number of benzene rings is 2. The van der Waals surface area contributed by atoms with Crippen LogP contribution in [0.3, 0.4) is 0 Å². The van der Waals surface area contributed by atoms with Crippen molar-refractivity contribution >= 4 is 21.9 Å². The van der Waals surface area contributed by atoms with Gasteiger partial charge in [-0.25, -0.2) is 9.07 Å². The summed E-state index contributed by atoms with van der Waals surface area (Å²) in [5.41, 5.74) is 6.43. The SMILES string of the molecule is Cc1nnn(C)c1-c1cnc2c3ccc(C(C)(C)O)cc3n(C(CC3CCOCC3)c3ccc(F)cc3)c2c1. The van der Waals surface area contributed by atoms with Crippen LogP contribution in [0.15, 0.2) is 54.7 Å². The van der Waals surface area contributed by atoms with Crippen LogP contribution in [-0.4, -0.2) is 42.9 Å². The number of hydrogen-bond acceptors (Lipinski definition) is 5.